The lowest BCUT2D eigenvalue weighted by atomic mass is 9.45. The van der Waals surface area contributed by atoms with Crippen LogP contribution in [-0.4, -0.2) is 13.2 Å². The van der Waals surface area contributed by atoms with Gasteiger partial charge >= 0.3 is 0 Å². The molecule has 3 fully saturated rings. The molecule has 0 amide bonds. The lowest BCUT2D eigenvalue weighted by molar-refractivity contribution is -0.163. The normalized spacial score (nSPS) is 50.0. The van der Waals surface area contributed by atoms with Gasteiger partial charge in [0.05, 0.1) is 6.10 Å². The first-order valence-corrected chi connectivity index (χ1v) is 5.10. The Labute approximate surface area is 75.5 Å². The minimum Gasteiger partial charge on any atom is -0.381 e. The average Bonchev–Trinajstić information content (AvgIpc) is 2.03. The van der Waals surface area contributed by atoms with Gasteiger partial charge in [0.15, 0.2) is 0 Å². The van der Waals surface area contributed by atoms with E-state index in [2.05, 4.69) is 20.8 Å². The summed E-state index contributed by atoms with van der Waals surface area (Å²) in [5.41, 5.74) is 0.606. The monoisotopic (exact) mass is 168 g/mol. The standard InChI is InChI=1S/C11H20O/c1-7-9-5-8(11(9,2)3)6-10(7)12-4/h7-10H,5-6H2,1-4H3/t7-,8+,9+,10-/m1/s1. The lowest BCUT2D eigenvalue weighted by Crippen LogP contribution is -2.57. The van der Waals surface area contributed by atoms with Gasteiger partial charge in [-0.25, -0.2) is 0 Å². The predicted octanol–water partition coefficient (Wildman–Crippen LogP) is 2.70. The minimum atomic E-state index is 0.543. The molecule has 0 aromatic heterocycles. The van der Waals surface area contributed by atoms with E-state index in [1.165, 1.54) is 12.8 Å². The molecule has 70 valence electrons. The van der Waals surface area contributed by atoms with Gasteiger partial charge in [-0.3, -0.25) is 0 Å². The summed E-state index contributed by atoms with van der Waals surface area (Å²) >= 11 is 0. The molecule has 1 nitrogen and oxygen atoms in total. The number of fused-ring (bicyclic) bond motifs is 2. The van der Waals surface area contributed by atoms with E-state index in [1.54, 1.807) is 0 Å². The van der Waals surface area contributed by atoms with Gasteiger partial charge in [-0.05, 0) is 36.0 Å². The van der Waals surface area contributed by atoms with Crippen LogP contribution in [0.5, 0.6) is 0 Å². The number of rotatable bonds is 1. The molecular weight excluding hydrogens is 148 g/mol. The van der Waals surface area contributed by atoms with Crippen molar-refractivity contribution in [3.63, 3.8) is 0 Å². The molecule has 3 rings (SSSR count). The van der Waals surface area contributed by atoms with Crippen molar-refractivity contribution < 1.29 is 4.74 Å². The van der Waals surface area contributed by atoms with Gasteiger partial charge in [0.1, 0.15) is 0 Å². The molecule has 4 atom stereocenters. The molecular formula is C11H20O. The minimum absolute atomic E-state index is 0.543. The van der Waals surface area contributed by atoms with Crippen LogP contribution < -0.4 is 0 Å². The molecule has 0 heterocycles. The number of ether oxygens (including phenoxy) is 1. The Kier molecular flexibility index (Phi) is 1.76. The van der Waals surface area contributed by atoms with Crippen molar-refractivity contribution in [2.75, 3.05) is 7.11 Å². The molecule has 3 saturated carbocycles. The molecule has 0 aromatic rings. The van der Waals surface area contributed by atoms with E-state index in [0.717, 1.165) is 17.8 Å². The highest BCUT2D eigenvalue weighted by Crippen LogP contribution is 2.61. The van der Waals surface area contributed by atoms with E-state index >= 15 is 0 Å². The first kappa shape index (κ1) is 8.55. The largest absolute Gasteiger partial charge is 0.381 e. The van der Waals surface area contributed by atoms with Crippen LogP contribution in [-0.2, 0) is 4.74 Å². The van der Waals surface area contributed by atoms with Crippen molar-refractivity contribution in [2.24, 2.45) is 23.2 Å². The zero-order valence-corrected chi connectivity index (χ0v) is 8.63. The van der Waals surface area contributed by atoms with E-state index in [0.29, 0.717) is 11.5 Å². The summed E-state index contributed by atoms with van der Waals surface area (Å²) in [6.07, 6.45) is 3.29. The predicted molar refractivity (Wildman–Crippen MR) is 50.0 cm³/mol. The van der Waals surface area contributed by atoms with Gasteiger partial charge in [-0.15, -0.1) is 0 Å². The van der Waals surface area contributed by atoms with Crippen LogP contribution in [0.1, 0.15) is 33.6 Å². The first-order chi connectivity index (χ1) is 5.57. The van der Waals surface area contributed by atoms with Crippen molar-refractivity contribution in [3.05, 3.63) is 0 Å². The zero-order chi connectivity index (χ0) is 8.93. The molecule has 0 spiro atoms. The van der Waals surface area contributed by atoms with Crippen LogP contribution in [0.15, 0.2) is 0 Å². The van der Waals surface area contributed by atoms with Crippen LogP contribution in [0.2, 0.25) is 0 Å². The van der Waals surface area contributed by atoms with Crippen LogP contribution in [0.3, 0.4) is 0 Å². The molecule has 12 heavy (non-hydrogen) atoms. The lowest BCUT2D eigenvalue weighted by Gasteiger charge is -2.61. The first-order valence-electron chi connectivity index (χ1n) is 5.10. The van der Waals surface area contributed by atoms with E-state index < -0.39 is 0 Å². The van der Waals surface area contributed by atoms with Gasteiger partial charge in [-0.1, -0.05) is 20.8 Å². The Morgan fingerprint density at radius 1 is 1.25 bits per heavy atom. The highest BCUT2D eigenvalue weighted by molar-refractivity contribution is 5.05. The van der Waals surface area contributed by atoms with E-state index in [1.807, 2.05) is 7.11 Å². The highest BCUT2D eigenvalue weighted by Gasteiger charge is 2.56. The van der Waals surface area contributed by atoms with Crippen molar-refractivity contribution in [1.29, 1.82) is 0 Å². The van der Waals surface area contributed by atoms with Crippen molar-refractivity contribution in [3.8, 4) is 0 Å². The molecule has 3 aliphatic carbocycles. The maximum Gasteiger partial charge on any atom is 0.0602 e. The van der Waals surface area contributed by atoms with Crippen molar-refractivity contribution in [2.45, 2.75) is 39.7 Å². The molecule has 0 aliphatic heterocycles. The maximum atomic E-state index is 5.50. The Balaban J connectivity index is 2.11. The molecule has 0 aromatic carbocycles. The molecule has 2 bridgehead atoms. The summed E-state index contributed by atoms with van der Waals surface area (Å²) < 4.78 is 5.50. The highest BCUT2D eigenvalue weighted by atomic mass is 16.5. The third-order valence-electron chi connectivity index (χ3n) is 4.59. The Hall–Kier alpha value is -0.0400. The fourth-order valence-electron chi connectivity index (χ4n) is 3.41. The second kappa shape index (κ2) is 2.47. The van der Waals surface area contributed by atoms with Gasteiger partial charge in [0.25, 0.3) is 0 Å². The smallest absolute Gasteiger partial charge is 0.0602 e. The summed E-state index contributed by atoms with van der Waals surface area (Å²) in [6, 6.07) is 0. The molecule has 0 radical (unpaired) electrons. The fourth-order valence-corrected chi connectivity index (χ4v) is 3.41. The zero-order valence-electron chi connectivity index (χ0n) is 8.63. The fraction of sp³-hybridized carbons (Fsp3) is 1.00. The third kappa shape index (κ3) is 0.891. The SMILES string of the molecule is CO[C@@H]1C[C@@H]2C[C@@H]([C@H]1C)C2(C)C. The van der Waals surface area contributed by atoms with Crippen LogP contribution in [0.25, 0.3) is 0 Å². The number of hydrogen-bond acceptors (Lipinski definition) is 1. The van der Waals surface area contributed by atoms with Gasteiger partial charge in [0.2, 0.25) is 0 Å². The van der Waals surface area contributed by atoms with E-state index in [-0.39, 0.29) is 0 Å². The topological polar surface area (TPSA) is 9.23 Å². The molecule has 3 aliphatic rings. The molecule has 0 unspecified atom stereocenters. The molecule has 0 saturated heterocycles. The van der Waals surface area contributed by atoms with E-state index in [9.17, 15) is 0 Å². The van der Waals surface area contributed by atoms with Gasteiger partial charge in [0, 0.05) is 7.11 Å². The summed E-state index contributed by atoms with van der Waals surface area (Å²) in [6.45, 7) is 7.21. The second-order valence-corrected chi connectivity index (χ2v) is 5.23. The van der Waals surface area contributed by atoms with Gasteiger partial charge < -0.3 is 4.74 Å². The van der Waals surface area contributed by atoms with Crippen LogP contribution in [0.4, 0.5) is 0 Å². The van der Waals surface area contributed by atoms with Gasteiger partial charge in [-0.2, -0.15) is 0 Å². The number of methoxy groups -OCH3 is 1. The van der Waals surface area contributed by atoms with Crippen molar-refractivity contribution in [1.82, 2.24) is 0 Å². The van der Waals surface area contributed by atoms with E-state index in [4.69, 9.17) is 4.74 Å². The summed E-state index contributed by atoms with van der Waals surface area (Å²) in [4.78, 5) is 0. The van der Waals surface area contributed by atoms with Crippen LogP contribution in [0, 0.1) is 23.2 Å². The maximum absolute atomic E-state index is 5.50. The second-order valence-electron chi connectivity index (χ2n) is 5.23. The Bertz CT molecular complexity index is 185. The summed E-state index contributed by atoms with van der Waals surface area (Å²) in [5.74, 6) is 2.62. The number of hydrogen-bond donors (Lipinski definition) is 0. The summed E-state index contributed by atoms with van der Waals surface area (Å²) in [7, 11) is 1.86. The third-order valence-corrected chi connectivity index (χ3v) is 4.59. The quantitative estimate of drug-likeness (QED) is 0.585. The Morgan fingerprint density at radius 3 is 2.33 bits per heavy atom. The average molecular weight is 168 g/mol. The van der Waals surface area contributed by atoms with Crippen LogP contribution >= 0.6 is 0 Å². The van der Waals surface area contributed by atoms with Crippen molar-refractivity contribution >= 4 is 0 Å². The Morgan fingerprint density at radius 2 is 1.92 bits per heavy atom. The molecule has 0 N–H and O–H groups in total. The summed E-state index contributed by atoms with van der Waals surface area (Å²) in [5, 5.41) is 0. The molecule has 1 heteroatoms.